The molecule has 0 aliphatic carbocycles. The number of carbonyl (C=O) groups is 2. The maximum Gasteiger partial charge on any atom is 0.303 e. The van der Waals surface area contributed by atoms with E-state index in [9.17, 15) is 19.8 Å². The van der Waals surface area contributed by atoms with Crippen molar-refractivity contribution in [1.29, 1.82) is 0 Å². The van der Waals surface area contributed by atoms with Gasteiger partial charge in [-0.2, -0.15) is 0 Å². The van der Waals surface area contributed by atoms with Gasteiger partial charge in [0.05, 0.1) is 12.5 Å². The molecule has 7 nitrogen and oxygen atoms in total. The van der Waals surface area contributed by atoms with Crippen molar-refractivity contribution in [3.05, 3.63) is 0 Å². The molecule has 0 heterocycles. The zero-order valence-electron chi connectivity index (χ0n) is 8.78. The van der Waals surface area contributed by atoms with Gasteiger partial charge < -0.3 is 25.5 Å². The molecule has 0 radical (unpaired) electrons. The fourth-order valence-corrected chi connectivity index (χ4v) is 1.04. The Balaban J connectivity index is 4.26. The van der Waals surface area contributed by atoms with E-state index in [4.69, 9.17) is 15.3 Å². The number of carbonyl (C=O) groups excluding carboxylic acids is 1. The molecule has 0 amide bonds. The van der Waals surface area contributed by atoms with Gasteiger partial charge in [0.2, 0.25) is 0 Å². The van der Waals surface area contributed by atoms with Crippen LogP contribution in [0.4, 0.5) is 0 Å². The summed E-state index contributed by atoms with van der Waals surface area (Å²) in [4.78, 5) is 21.3. The van der Waals surface area contributed by atoms with Gasteiger partial charge in [0.1, 0.15) is 18.3 Å². The monoisotopic (exact) mass is 236 g/mol. The Morgan fingerprint density at radius 2 is 1.50 bits per heavy atom. The first kappa shape index (κ1) is 15.0. The van der Waals surface area contributed by atoms with E-state index >= 15 is 0 Å². The topological polar surface area (TPSA) is 135 Å². The van der Waals surface area contributed by atoms with E-state index in [0.29, 0.717) is 0 Å². The number of aliphatic hydroxyl groups is 4. The van der Waals surface area contributed by atoms with Gasteiger partial charge in [0.15, 0.2) is 5.78 Å². The van der Waals surface area contributed by atoms with Gasteiger partial charge in [-0.25, -0.2) is 0 Å². The predicted octanol–water partition coefficient (Wildman–Crippen LogP) is -2.12. The molecule has 16 heavy (non-hydrogen) atoms. The molecule has 0 saturated carbocycles. The Kier molecular flexibility index (Phi) is 6.12. The van der Waals surface area contributed by atoms with Crippen molar-refractivity contribution in [1.82, 2.24) is 0 Å². The van der Waals surface area contributed by atoms with Crippen molar-refractivity contribution in [2.75, 3.05) is 0 Å². The molecular weight excluding hydrogens is 220 g/mol. The summed E-state index contributed by atoms with van der Waals surface area (Å²) in [6.45, 7) is 1.18. The third-order valence-corrected chi connectivity index (χ3v) is 2.08. The first-order valence-electron chi connectivity index (χ1n) is 4.74. The normalized spacial score (nSPS) is 18.6. The van der Waals surface area contributed by atoms with E-state index in [2.05, 4.69) is 0 Å². The lowest BCUT2D eigenvalue weighted by Crippen LogP contribution is -2.46. The lowest BCUT2D eigenvalue weighted by molar-refractivity contribution is -0.147. The van der Waals surface area contributed by atoms with Gasteiger partial charge in [0.25, 0.3) is 0 Å². The zero-order chi connectivity index (χ0) is 12.9. The van der Waals surface area contributed by atoms with Crippen molar-refractivity contribution in [2.45, 2.75) is 44.2 Å². The highest BCUT2D eigenvalue weighted by molar-refractivity contribution is 5.86. The van der Waals surface area contributed by atoms with Gasteiger partial charge in [-0.05, 0) is 6.92 Å². The molecule has 0 bridgehead atoms. The molecule has 0 aliphatic heterocycles. The summed E-state index contributed by atoms with van der Waals surface area (Å²) in [6.07, 6.45) is -7.61. The van der Waals surface area contributed by atoms with Crippen LogP contribution in [0, 0.1) is 0 Å². The second-order valence-corrected chi connectivity index (χ2v) is 3.53. The summed E-state index contributed by atoms with van der Waals surface area (Å²) in [5, 5.41) is 44.9. The van der Waals surface area contributed by atoms with Crippen LogP contribution in [-0.4, -0.2) is 61.7 Å². The highest BCUT2D eigenvalue weighted by Gasteiger charge is 2.32. The Morgan fingerprint density at radius 1 is 1.00 bits per heavy atom. The van der Waals surface area contributed by atoms with Crippen molar-refractivity contribution in [3.8, 4) is 0 Å². The maximum absolute atomic E-state index is 11.1. The van der Waals surface area contributed by atoms with Crippen molar-refractivity contribution < 1.29 is 35.1 Å². The van der Waals surface area contributed by atoms with Crippen LogP contribution in [0.5, 0.6) is 0 Å². The average molecular weight is 236 g/mol. The van der Waals surface area contributed by atoms with Crippen LogP contribution in [0.3, 0.4) is 0 Å². The van der Waals surface area contributed by atoms with Gasteiger partial charge in [-0.1, -0.05) is 0 Å². The Morgan fingerprint density at radius 3 is 1.88 bits per heavy atom. The number of Topliss-reactive ketones (excluding diaryl/α,β-unsaturated/α-hetero) is 1. The Labute approximate surface area is 92.0 Å². The summed E-state index contributed by atoms with van der Waals surface area (Å²) in [5.74, 6) is -2.10. The van der Waals surface area contributed by atoms with Gasteiger partial charge in [-0.15, -0.1) is 0 Å². The minimum Gasteiger partial charge on any atom is -0.481 e. The largest absolute Gasteiger partial charge is 0.481 e. The van der Waals surface area contributed by atoms with E-state index < -0.39 is 49.0 Å². The number of aliphatic hydroxyl groups excluding tert-OH is 4. The summed E-state index contributed by atoms with van der Waals surface area (Å²) in [5.41, 5.74) is 0. The quantitative estimate of drug-likeness (QED) is 0.341. The molecule has 4 atom stereocenters. The minimum atomic E-state index is -1.90. The Bertz CT molecular complexity index is 250. The second kappa shape index (κ2) is 6.54. The van der Waals surface area contributed by atoms with Crippen LogP contribution >= 0.6 is 0 Å². The molecule has 0 aromatic carbocycles. The van der Waals surface area contributed by atoms with Crippen LogP contribution in [0.1, 0.15) is 19.8 Å². The third-order valence-electron chi connectivity index (χ3n) is 2.08. The Hall–Kier alpha value is -1.02. The molecule has 5 N–H and O–H groups in total. The standard InChI is InChI=1S/C9H16O7/c1-4(10)7(14)9(16)8(15)5(11)2-3-6(12)13/h4,7-10,14-16H,2-3H2,1H3,(H,12,13)/t4-,7-,8-,9+/m0/s1. The molecule has 7 heteroatoms. The number of carboxylic acids is 1. The van der Waals surface area contributed by atoms with Crippen molar-refractivity contribution in [3.63, 3.8) is 0 Å². The first-order valence-corrected chi connectivity index (χ1v) is 4.74. The van der Waals surface area contributed by atoms with Crippen LogP contribution in [0.25, 0.3) is 0 Å². The molecule has 0 rings (SSSR count). The SMILES string of the molecule is C[C@H](O)[C@H](O)[C@@H](O)[C@@H](O)C(=O)CCC(=O)O. The predicted molar refractivity (Wildman–Crippen MR) is 51.6 cm³/mol. The molecule has 0 aliphatic rings. The molecule has 0 saturated heterocycles. The van der Waals surface area contributed by atoms with Crippen LogP contribution in [0.15, 0.2) is 0 Å². The van der Waals surface area contributed by atoms with Gasteiger partial charge >= 0.3 is 5.97 Å². The summed E-state index contributed by atoms with van der Waals surface area (Å²) >= 11 is 0. The fraction of sp³-hybridized carbons (Fsp3) is 0.778. The van der Waals surface area contributed by atoms with Crippen LogP contribution in [0.2, 0.25) is 0 Å². The summed E-state index contributed by atoms with van der Waals surface area (Å²) in [7, 11) is 0. The van der Waals surface area contributed by atoms with E-state index in [0.717, 1.165) is 0 Å². The lowest BCUT2D eigenvalue weighted by atomic mass is 9.99. The van der Waals surface area contributed by atoms with E-state index in [1.54, 1.807) is 0 Å². The molecule has 0 unspecified atom stereocenters. The van der Waals surface area contributed by atoms with Crippen LogP contribution < -0.4 is 0 Å². The van der Waals surface area contributed by atoms with Gasteiger partial charge in [0, 0.05) is 6.42 Å². The number of aliphatic carboxylic acids is 1. The highest BCUT2D eigenvalue weighted by Crippen LogP contribution is 2.08. The van der Waals surface area contributed by atoms with Crippen LogP contribution in [-0.2, 0) is 9.59 Å². The van der Waals surface area contributed by atoms with Crippen molar-refractivity contribution in [2.24, 2.45) is 0 Å². The smallest absolute Gasteiger partial charge is 0.303 e. The van der Waals surface area contributed by atoms with Gasteiger partial charge in [-0.3, -0.25) is 9.59 Å². The molecule has 0 fully saturated rings. The second-order valence-electron chi connectivity index (χ2n) is 3.53. The molecule has 0 spiro atoms. The van der Waals surface area contributed by atoms with Crippen molar-refractivity contribution >= 4 is 11.8 Å². The number of hydrogen-bond donors (Lipinski definition) is 5. The summed E-state index contributed by atoms with van der Waals surface area (Å²) < 4.78 is 0. The lowest BCUT2D eigenvalue weighted by Gasteiger charge is -2.23. The van der Waals surface area contributed by atoms with E-state index in [1.807, 2.05) is 0 Å². The minimum absolute atomic E-state index is 0.444. The average Bonchev–Trinajstić information content (AvgIpc) is 2.22. The molecule has 0 aromatic rings. The number of rotatable bonds is 7. The molecular formula is C9H16O7. The molecule has 94 valence electrons. The van der Waals surface area contributed by atoms with E-state index in [-0.39, 0.29) is 0 Å². The number of hydrogen-bond acceptors (Lipinski definition) is 6. The maximum atomic E-state index is 11.1. The summed E-state index contributed by atoms with van der Waals surface area (Å²) in [6, 6.07) is 0. The molecule has 0 aromatic heterocycles. The number of carboxylic acid groups (broad SMARTS) is 1. The zero-order valence-corrected chi connectivity index (χ0v) is 8.78. The first-order chi connectivity index (χ1) is 7.27. The fourth-order valence-electron chi connectivity index (χ4n) is 1.04. The van der Waals surface area contributed by atoms with E-state index in [1.165, 1.54) is 6.92 Å². The number of ketones is 1. The highest BCUT2D eigenvalue weighted by atomic mass is 16.4. The third kappa shape index (κ3) is 4.67.